The van der Waals surface area contributed by atoms with Gasteiger partial charge in [0.05, 0.1) is 36.0 Å². The number of sulfone groups is 1. The van der Waals surface area contributed by atoms with E-state index >= 15 is 4.39 Å². The minimum absolute atomic E-state index is 0.0243. The Morgan fingerprint density at radius 2 is 1.79 bits per heavy atom. The van der Waals surface area contributed by atoms with Crippen LogP contribution in [0.5, 0.6) is 5.75 Å². The molecule has 0 bridgehead atoms. The number of sulfonamides is 1. The van der Waals surface area contributed by atoms with Crippen molar-refractivity contribution >= 4 is 31.5 Å². The molecule has 4 rings (SSSR count). The molecular formula is C22H24ClF2NO6S2. The lowest BCUT2D eigenvalue weighted by atomic mass is 9.72. The maximum atomic E-state index is 15.2. The Morgan fingerprint density at radius 1 is 1.12 bits per heavy atom. The summed E-state index contributed by atoms with van der Waals surface area (Å²) in [7, 11) is -7.58. The maximum absolute atomic E-state index is 15.2. The van der Waals surface area contributed by atoms with E-state index in [1.165, 1.54) is 24.3 Å². The van der Waals surface area contributed by atoms with Crippen LogP contribution in [0.3, 0.4) is 0 Å². The van der Waals surface area contributed by atoms with Crippen molar-refractivity contribution in [3.63, 3.8) is 0 Å². The second kappa shape index (κ2) is 9.34. The van der Waals surface area contributed by atoms with Gasteiger partial charge in [-0.25, -0.2) is 30.3 Å². The summed E-state index contributed by atoms with van der Waals surface area (Å²) in [5.41, 5.74) is -0.295. The molecule has 0 unspecified atom stereocenters. The van der Waals surface area contributed by atoms with Gasteiger partial charge in [-0.1, -0.05) is 11.6 Å². The zero-order chi connectivity index (χ0) is 24.7. The van der Waals surface area contributed by atoms with E-state index in [0.717, 1.165) is 18.4 Å². The van der Waals surface area contributed by atoms with E-state index in [2.05, 4.69) is 4.72 Å². The predicted octanol–water partition coefficient (Wildman–Crippen LogP) is 3.41. The third kappa shape index (κ3) is 4.56. The number of benzene rings is 2. The van der Waals surface area contributed by atoms with E-state index in [4.69, 9.17) is 21.1 Å². The molecule has 12 heteroatoms. The summed E-state index contributed by atoms with van der Waals surface area (Å²) in [5.74, 6) is -2.79. The van der Waals surface area contributed by atoms with E-state index in [-0.39, 0.29) is 55.2 Å². The smallest absolute Gasteiger partial charge is 0.208 e. The summed E-state index contributed by atoms with van der Waals surface area (Å²) in [4.78, 5) is -0.0462. The molecule has 7 nitrogen and oxygen atoms in total. The molecule has 3 atom stereocenters. The largest absolute Gasteiger partial charge is 0.490 e. The Hall–Kier alpha value is -1.79. The Balaban J connectivity index is 1.72. The number of fused-ring (bicyclic) bond motifs is 3. The highest BCUT2D eigenvalue weighted by molar-refractivity contribution is 7.92. The molecule has 1 fully saturated rings. The normalized spacial score (nSPS) is 24.7. The molecule has 186 valence electrons. The molecule has 0 aromatic heterocycles. The molecule has 0 radical (unpaired) electrons. The van der Waals surface area contributed by atoms with Gasteiger partial charge in [0, 0.05) is 17.5 Å². The lowest BCUT2D eigenvalue weighted by molar-refractivity contribution is -0.0129. The first-order chi connectivity index (χ1) is 16.0. The van der Waals surface area contributed by atoms with Gasteiger partial charge in [0.15, 0.2) is 21.4 Å². The van der Waals surface area contributed by atoms with Gasteiger partial charge < -0.3 is 9.47 Å². The fourth-order valence-corrected chi connectivity index (χ4v) is 7.85. The van der Waals surface area contributed by atoms with Crippen LogP contribution in [0.2, 0.25) is 5.02 Å². The lowest BCUT2D eigenvalue weighted by Crippen LogP contribution is -2.53. The van der Waals surface area contributed by atoms with Crippen LogP contribution >= 0.6 is 11.6 Å². The van der Waals surface area contributed by atoms with E-state index in [1.54, 1.807) is 0 Å². The molecule has 1 N–H and O–H groups in total. The highest BCUT2D eigenvalue weighted by Gasteiger charge is 2.59. The highest BCUT2D eigenvalue weighted by Crippen LogP contribution is 2.56. The van der Waals surface area contributed by atoms with Crippen molar-refractivity contribution in [1.82, 2.24) is 4.72 Å². The van der Waals surface area contributed by atoms with Crippen molar-refractivity contribution in [2.24, 2.45) is 5.92 Å². The molecule has 0 spiro atoms. The third-order valence-corrected chi connectivity index (χ3v) is 9.95. The molecule has 0 amide bonds. The molecule has 2 aromatic carbocycles. The van der Waals surface area contributed by atoms with Crippen molar-refractivity contribution in [2.45, 2.75) is 35.0 Å². The third-order valence-electron chi connectivity index (χ3n) is 6.38. The van der Waals surface area contributed by atoms with Gasteiger partial charge in [-0.15, -0.1) is 0 Å². The van der Waals surface area contributed by atoms with Crippen molar-refractivity contribution in [1.29, 1.82) is 0 Å². The van der Waals surface area contributed by atoms with E-state index in [1.807, 2.05) is 0 Å². The Bertz CT molecular complexity index is 1290. The van der Waals surface area contributed by atoms with Gasteiger partial charge in [0.1, 0.15) is 10.6 Å². The van der Waals surface area contributed by atoms with Gasteiger partial charge in [-0.2, -0.15) is 0 Å². The Labute approximate surface area is 202 Å². The Kier molecular flexibility index (Phi) is 6.96. The zero-order valence-electron chi connectivity index (χ0n) is 18.3. The zero-order valence-corrected chi connectivity index (χ0v) is 20.7. The number of hydrogen-bond donors (Lipinski definition) is 1. The fraction of sp³-hybridized carbons (Fsp3) is 0.455. The minimum atomic E-state index is -4.21. The maximum Gasteiger partial charge on any atom is 0.208 e. The van der Waals surface area contributed by atoms with E-state index < -0.39 is 48.3 Å². The van der Waals surface area contributed by atoms with Gasteiger partial charge in [0.2, 0.25) is 10.0 Å². The number of hydrogen-bond acceptors (Lipinski definition) is 6. The number of ether oxygens (including phenoxy) is 2. The average Bonchev–Trinajstić information content (AvgIpc) is 2.78. The quantitative estimate of drug-likeness (QED) is 0.546. The number of halogens is 3. The second-order valence-electron chi connectivity index (χ2n) is 8.52. The van der Waals surface area contributed by atoms with Crippen LogP contribution in [0, 0.1) is 17.6 Å². The summed E-state index contributed by atoms with van der Waals surface area (Å²) in [6.45, 7) is 0.0108. The van der Waals surface area contributed by atoms with Crippen molar-refractivity contribution in [3.8, 4) is 5.75 Å². The van der Waals surface area contributed by atoms with Crippen molar-refractivity contribution < 1.29 is 35.1 Å². The van der Waals surface area contributed by atoms with Crippen LogP contribution in [0.25, 0.3) is 0 Å². The standard InChI is InChI=1S/C22H24ClF2NO6S2/c1-33(27,28)26-10-11-31-16-8-9-22(34(29,30)17-4-2-15(23)3-5-17)14(12-16)13-32-21-19(25)7-6-18(24)20(21)22/h2-7,14,16,26H,8-13H2,1H3/t14-,16-,22+/m1/s1. The van der Waals surface area contributed by atoms with Crippen LogP contribution in [0.15, 0.2) is 41.3 Å². The first kappa shape index (κ1) is 25.3. The molecule has 34 heavy (non-hydrogen) atoms. The molecule has 1 heterocycles. The fourth-order valence-electron chi connectivity index (χ4n) is 4.91. The van der Waals surface area contributed by atoms with Crippen LogP contribution < -0.4 is 9.46 Å². The van der Waals surface area contributed by atoms with E-state index in [0.29, 0.717) is 5.02 Å². The van der Waals surface area contributed by atoms with E-state index in [9.17, 15) is 21.2 Å². The first-order valence-electron chi connectivity index (χ1n) is 10.6. The molecule has 1 aliphatic heterocycles. The monoisotopic (exact) mass is 535 g/mol. The molecule has 2 aliphatic rings. The van der Waals surface area contributed by atoms with Gasteiger partial charge in [-0.05, 0) is 55.7 Å². The minimum Gasteiger partial charge on any atom is -0.490 e. The molecule has 2 aromatic rings. The summed E-state index contributed by atoms with van der Waals surface area (Å²) in [6.07, 6.45) is 1.07. The van der Waals surface area contributed by atoms with Crippen LogP contribution in [0.4, 0.5) is 8.78 Å². The Morgan fingerprint density at radius 3 is 2.47 bits per heavy atom. The summed E-state index contributed by atoms with van der Waals surface area (Å²) >= 11 is 5.93. The van der Waals surface area contributed by atoms with Crippen molar-refractivity contribution in [3.05, 3.63) is 58.6 Å². The van der Waals surface area contributed by atoms with Gasteiger partial charge in [-0.3, -0.25) is 0 Å². The molecule has 1 saturated carbocycles. The van der Waals surface area contributed by atoms with Crippen LogP contribution in [-0.2, 0) is 29.3 Å². The summed E-state index contributed by atoms with van der Waals surface area (Å²) in [6, 6.07) is 7.42. The number of nitrogens with one attached hydrogen (secondary N) is 1. The topological polar surface area (TPSA) is 98.8 Å². The van der Waals surface area contributed by atoms with Gasteiger partial charge >= 0.3 is 0 Å². The predicted molar refractivity (Wildman–Crippen MR) is 122 cm³/mol. The average molecular weight is 536 g/mol. The van der Waals surface area contributed by atoms with Crippen molar-refractivity contribution in [2.75, 3.05) is 26.0 Å². The molecule has 0 saturated heterocycles. The summed E-state index contributed by atoms with van der Waals surface area (Å²) in [5, 5.41) is 0.345. The van der Waals surface area contributed by atoms with Crippen LogP contribution in [0.1, 0.15) is 24.8 Å². The SMILES string of the molecule is CS(=O)(=O)NCCO[C@@H]1CC[C@@]2(S(=O)(=O)c3ccc(Cl)cc3)c3c(F)ccc(F)c3OC[C@H]2C1. The first-order valence-corrected chi connectivity index (χ1v) is 14.4. The van der Waals surface area contributed by atoms with Crippen LogP contribution in [-0.4, -0.2) is 49.0 Å². The second-order valence-corrected chi connectivity index (χ2v) is 13.0. The molecular weight excluding hydrogens is 512 g/mol. The highest BCUT2D eigenvalue weighted by atomic mass is 35.5. The van der Waals surface area contributed by atoms with Gasteiger partial charge in [0.25, 0.3) is 0 Å². The molecule has 1 aliphatic carbocycles. The summed E-state index contributed by atoms with van der Waals surface area (Å²) < 4.78 is 92.3. The number of rotatable bonds is 7. The lowest BCUT2D eigenvalue weighted by Gasteiger charge is -2.48.